The van der Waals surface area contributed by atoms with Gasteiger partial charge in [-0.1, -0.05) is 12.1 Å². The molecule has 0 fully saturated rings. The quantitative estimate of drug-likeness (QED) is 0.452. The Kier molecular flexibility index (Phi) is 4.84. The lowest BCUT2D eigenvalue weighted by Crippen LogP contribution is -2.18. The molecule has 2 aromatic carbocycles. The van der Waals surface area contributed by atoms with Gasteiger partial charge in [0.05, 0.1) is 17.0 Å². The molecule has 0 spiro atoms. The zero-order valence-electron chi connectivity index (χ0n) is 15.5. The zero-order chi connectivity index (χ0) is 20.5. The van der Waals surface area contributed by atoms with Crippen LogP contribution in [0.4, 0.5) is 4.39 Å². The Morgan fingerprint density at radius 3 is 2.48 bits per heavy atom. The Balaban J connectivity index is 1.91. The summed E-state index contributed by atoms with van der Waals surface area (Å²) in [5.74, 6) is -1.35. The largest absolute Gasteiger partial charge is 0.478 e. The number of carboxylic acids is 1. The van der Waals surface area contributed by atoms with Crippen LogP contribution in [-0.4, -0.2) is 32.6 Å². The number of carbonyl (C=O) groups is 1. The highest BCUT2D eigenvalue weighted by atomic mass is 19.1. The molecule has 2 heterocycles. The highest BCUT2D eigenvalue weighted by molar-refractivity contribution is 5.89. The van der Waals surface area contributed by atoms with Crippen LogP contribution in [0, 0.1) is 5.82 Å². The number of pyridine rings is 1. The third-order valence-electron chi connectivity index (χ3n) is 4.75. The second-order valence-electron chi connectivity index (χ2n) is 6.58. The molecule has 146 valence electrons. The number of nitrogens with one attached hydrogen (secondary N) is 1. The van der Waals surface area contributed by atoms with Gasteiger partial charge in [-0.3, -0.25) is 9.72 Å². The lowest BCUT2D eigenvalue weighted by Gasteiger charge is -2.13. The van der Waals surface area contributed by atoms with Gasteiger partial charge in [0.25, 0.3) is 0 Å². The Bertz CT molecular complexity index is 1200. The number of benzene rings is 2. The van der Waals surface area contributed by atoms with Crippen LogP contribution in [-0.2, 0) is 0 Å². The first kappa shape index (κ1) is 18.8. The number of aliphatic hydroxyl groups excluding tert-OH is 1. The first-order valence-corrected chi connectivity index (χ1v) is 8.95. The van der Waals surface area contributed by atoms with E-state index >= 15 is 0 Å². The van der Waals surface area contributed by atoms with Crippen LogP contribution in [0.2, 0.25) is 0 Å². The fourth-order valence-electron chi connectivity index (χ4n) is 3.28. The number of aliphatic hydroxyl groups is 1. The third-order valence-corrected chi connectivity index (χ3v) is 4.75. The number of carboxylic acid groups (broad SMARTS) is 1. The van der Waals surface area contributed by atoms with Crippen LogP contribution < -0.4 is 5.32 Å². The predicted molar refractivity (Wildman–Crippen MR) is 107 cm³/mol. The summed E-state index contributed by atoms with van der Waals surface area (Å²) in [6.07, 6.45) is 0.789. The second kappa shape index (κ2) is 7.46. The standard InChI is InChI=1S/C22H18FN3O3/c1-24-21(27)20-19(13-5-8-17(23)9-6-13)25-18-10-7-16(12-26(18)20)14-3-2-4-15(11-14)22(28)29/h2-12,21,24,27H,1H3,(H,28,29). The number of rotatable bonds is 5. The molecular formula is C22H18FN3O3. The Labute approximate surface area is 165 Å². The van der Waals surface area contributed by atoms with Gasteiger partial charge in [-0.2, -0.15) is 0 Å². The van der Waals surface area contributed by atoms with E-state index < -0.39 is 12.2 Å². The molecule has 2 aromatic heterocycles. The van der Waals surface area contributed by atoms with Gasteiger partial charge < -0.3 is 10.2 Å². The fourth-order valence-corrected chi connectivity index (χ4v) is 3.28. The van der Waals surface area contributed by atoms with Gasteiger partial charge in [0.1, 0.15) is 17.7 Å². The van der Waals surface area contributed by atoms with Crippen LogP contribution in [0.5, 0.6) is 0 Å². The maximum atomic E-state index is 13.3. The van der Waals surface area contributed by atoms with E-state index in [1.54, 1.807) is 48.0 Å². The number of hydrogen-bond donors (Lipinski definition) is 3. The molecule has 0 aliphatic carbocycles. The Hall–Kier alpha value is -3.55. The van der Waals surface area contributed by atoms with E-state index in [4.69, 9.17) is 0 Å². The number of aromatic nitrogens is 2. The summed E-state index contributed by atoms with van der Waals surface area (Å²) in [7, 11) is 1.62. The van der Waals surface area contributed by atoms with Crippen molar-refractivity contribution in [1.29, 1.82) is 0 Å². The van der Waals surface area contributed by atoms with Crippen LogP contribution in [0.3, 0.4) is 0 Å². The van der Waals surface area contributed by atoms with E-state index in [0.717, 1.165) is 11.1 Å². The third kappa shape index (κ3) is 3.49. The van der Waals surface area contributed by atoms with Crippen LogP contribution in [0.25, 0.3) is 28.0 Å². The van der Waals surface area contributed by atoms with Gasteiger partial charge in [0, 0.05) is 11.8 Å². The minimum absolute atomic E-state index is 0.190. The molecule has 0 aliphatic rings. The predicted octanol–water partition coefficient (Wildman–Crippen LogP) is 3.72. The molecule has 7 heteroatoms. The zero-order valence-corrected chi connectivity index (χ0v) is 15.5. The summed E-state index contributed by atoms with van der Waals surface area (Å²) in [4.78, 5) is 15.9. The average Bonchev–Trinajstić information content (AvgIpc) is 3.12. The molecule has 1 atom stereocenters. The summed E-state index contributed by atoms with van der Waals surface area (Å²) in [5, 5.41) is 22.6. The highest BCUT2D eigenvalue weighted by Gasteiger charge is 2.20. The van der Waals surface area contributed by atoms with Gasteiger partial charge in [-0.25, -0.2) is 14.2 Å². The van der Waals surface area contributed by atoms with Crippen LogP contribution >= 0.6 is 0 Å². The van der Waals surface area contributed by atoms with E-state index in [9.17, 15) is 19.4 Å². The Morgan fingerprint density at radius 1 is 1.07 bits per heavy atom. The summed E-state index contributed by atoms with van der Waals surface area (Å²) in [6, 6.07) is 16.2. The summed E-state index contributed by atoms with van der Waals surface area (Å²) < 4.78 is 15.1. The van der Waals surface area contributed by atoms with Gasteiger partial charge in [0.2, 0.25) is 0 Å². The monoisotopic (exact) mass is 391 g/mol. The topological polar surface area (TPSA) is 86.9 Å². The number of imidazole rings is 1. The number of aromatic carboxylic acids is 1. The summed E-state index contributed by atoms with van der Waals surface area (Å²) in [5.41, 5.74) is 4.01. The van der Waals surface area contributed by atoms with Gasteiger partial charge in [-0.05, 0) is 66.7 Å². The minimum atomic E-state index is -1.01. The average molecular weight is 391 g/mol. The van der Waals surface area contributed by atoms with Crippen molar-refractivity contribution < 1.29 is 19.4 Å². The summed E-state index contributed by atoms with van der Waals surface area (Å²) >= 11 is 0. The van der Waals surface area contributed by atoms with E-state index in [1.165, 1.54) is 18.2 Å². The first-order chi connectivity index (χ1) is 14.0. The summed E-state index contributed by atoms with van der Waals surface area (Å²) in [6.45, 7) is 0. The highest BCUT2D eigenvalue weighted by Crippen LogP contribution is 2.30. The molecule has 0 radical (unpaired) electrons. The van der Waals surface area contributed by atoms with E-state index in [2.05, 4.69) is 10.3 Å². The van der Waals surface area contributed by atoms with Crippen molar-refractivity contribution in [2.45, 2.75) is 6.23 Å². The van der Waals surface area contributed by atoms with Crippen LogP contribution in [0.15, 0.2) is 66.9 Å². The van der Waals surface area contributed by atoms with Crippen LogP contribution in [0.1, 0.15) is 22.3 Å². The maximum absolute atomic E-state index is 13.3. The first-order valence-electron chi connectivity index (χ1n) is 8.95. The smallest absolute Gasteiger partial charge is 0.335 e. The molecule has 4 aromatic rings. The lowest BCUT2D eigenvalue weighted by atomic mass is 10.0. The van der Waals surface area contributed by atoms with E-state index in [1.807, 2.05) is 12.1 Å². The fraction of sp³-hybridized carbons (Fsp3) is 0.0909. The Morgan fingerprint density at radius 2 is 1.79 bits per heavy atom. The van der Waals surface area contributed by atoms with Crippen molar-refractivity contribution in [3.63, 3.8) is 0 Å². The van der Waals surface area contributed by atoms with E-state index in [-0.39, 0.29) is 11.4 Å². The van der Waals surface area contributed by atoms with Crippen molar-refractivity contribution in [2.75, 3.05) is 7.05 Å². The van der Waals surface area contributed by atoms with Gasteiger partial charge >= 0.3 is 5.97 Å². The number of nitrogens with zero attached hydrogens (tertiary/aromatic N) is 2. The van der Waals surface area contributed by atoms with E-state index in [0.29, 0.717) is 22.6 Å². The van der Waals surface area contributed by atoms with Gasteiger partial charge in [-0.15, -0.1) is 0 Å². The lowest BCUT2D eigenvalue weighted by molar-refractivity contribution is 0.0697. The van der Waals surface area contributed by atoms with Crippen molar-refractivity contribution in [2.24, 2.45) is 0 Å². The molecule has 1 unspecified atom stereocenters. The van der Waals surface area contributed by atoms with Gasteiger partial charge in [0.15, 0.2) is 0 Å². The van der Waals surface area contributed by atoms with Crippen molar-refractivity contribution in [3.05, 3.63) is 83.9 Å². The molecule has 0 aliphatic heterocycles. The molecule has 0 bridgehead atoms. The molecule has 0 amide bonds. The number of hydrogen-bond acceptors (Lipinski definition) is 4. The SMILES string of the molecule is CNC(O)c1c(-c2ccc(F)cc2)nc2ccc(-c3cccc(C(=O)O)c3)cn12. The van der Waals surface area contributed by atoms with Crippen molar-refractivity contribution >= 4 is 11.6 Å². The molecule has 0 saturated carbocycles. The molecule has 4 rings (SSSR count). The maximum Gasteiger partial charge on any atom is 0.335 e. The molecule has 29 heavy (non-hydrogen) atoms. The van der Waals surface area contributed by atoms with Crippen molar-refractivity contribution in [1.82, 2.24) is 14.7 Å². The molecule has 0 saturated heterocycles. The molecular weight excluding hydrogens is 373 g/mol. The number of fused-ring (bicyclic) bond motifs is 1. The molecule has 3 N–H and O–H groups in total. The number of halogens is 1. The molecule has 6 nitrogen and oxygen atoms in total. The van der Waals surface area contributed by atoms with Crippen molar-refractivity contribution in [3.8, 4) is 22.4 Å². The minimum Gasteiger partial charge on any atom is -0.478 e. The second-order valence-corrected chi connectivity index (χ2v) is 6.58. The normalized spacial score (nSPS) is 12.2.